The van der Waals surface area contributed by atoms with E-state index in [1.807, 2.05) is 0 Å². The van der Waals surface area contributed by atoms with Crippen molar-refractivity contribution in [3.05, 3.63) is 59.7 Å². The highest BCUT2D eigenvalue weighted by Gasteiger charge is 2.28. The molecule has 0 fully saturated rings. The zero-order chi connectivity index (χ0) is 16.3. The van der Waals surface area contributed by atoms with Gasteiger partial charge in [-0.05, 0) is 11.8 Å². The molecule has 0 aliphatic carbocycles. The van der Waals surface area contributed by atoms with Gasteiger partial charge in [0.15, 0.2) is 0 Å². The third-order valence-corrected chi connectivity index (χ3v) is 4.57. The number of benzene rings is 2. The monoisotopic (exact) mass is 292 g/mol. The van der Waals surface area contributed by atoms with Crippen molar-refractivity contribution in [2.75, 3.05) is 0 Å². The maximum absolute atomic E-state index is 2.35. The van der Waals surface area contributed by atoms with Crippen molar-refractivity contribution in [3.8, 4) is 0 Å². The minimum atomic E-state index is 0.470. The predicted molar refractivity (Wildman–Crippen MR) is 101 cm³/mol. The fourth-order valence-electron chi connectivity index (χ4n) is 3.53. The van der Waals surface area contributed by atoms with Crippen LogP contribution >= 0.6 is 0 Å². The Morgan fingerprint density at radius 3 is 1.27 bits per heavy atom. The van der Waals surface area contributed by atoms with Crippen LogP contribution < -0.4 is 10.9 Å². The Hall–Kier alpha value is -1.50. The fraction of sp³-hybridized carbons (Fsp3) is 0.429. The predicted octanol–water partition coefficient (Wildman–Crippen LogP) is 4.95. The third kappa shape index (κ3) is 3.46. The van der Waals surface area contributed by atoms with E-state index in [4.69, 9.17) is 0 Å². The molecule has 0 aliphatic heterocycles. The second-order valence-corrected chi connectivity index (χ2v) is 7.29. The Kier molecular flexibility index (Phi) is 5.50. The van der Waals surface area contributed by atoms with Crippen LogP contribution in [-0.4, -0.2) is 6.71 Å². The molecule has 0 aromatic heterocycles. The van der Waals surface area contributed by atoms with Gasteiger partial charge in [0.1, 0.15) is 0 Å². The molecule has 116 valence electrons. The van der Waals surface area contributed by atoms with Crippen LogP contribution in [0.3, 0.4) is 0 Å². The molecule has 22 heavy (non-hydrogen) atoms. The van der Waals surface area contributed by atoms with E-state index in [2.05, 4.69) is 90.1 Å². The van der Waals surface area contributed by atoms with E-state index in [1.54, 1.807) is 0 Å². The van der Waals surface area contributed by atoms with Crippen LogP contribution in [0.1, 0.15) is 64.5 Å². The van der Waals surface area contributed by atoms with Gasteiger partial charge in [0, 0.05) is 0 Å². The molecule has 0 nitrogen and oxygen atoms in total. The number of rotatable bonds is 5. The lowest BCUT2D eigenvalue weighted by Crippen LogP contribution is -2.48. The van der Waals surface area contributed by atoms with Gasteiger partial charge in [0.2, 0.25) is 6.71 Å². The van der Waals surface area contributed by atoms with E-state index in [1.165, 1.54) is 22.1 Å². The summed E-state index contributed by atoms with van der Waals surface area (Å²) in [7, 11) is 0. The van der Waals surface area contributed by atoms with Crippen LogP contribution in [0.25, 0.3) is 0 Å². The van der Waals surface area contributed by atoms with Gasteiger partial charge < -0.3 is 0 Å². The van der Waals surface area contributed by atoms with Crippen LogP contribution in [0.5, 0.6) is 0 Å². The highest BCUT2D eigenvalue weighted by atomic mass is 14.1. The number of hydrogen-bond donors (Lipinski definition) is 0. The standard InChI is InChI=1S/C21H29B/c1-15(2)18-11-7-9-13-20(18)22(17(5)6)21-14-10-8-12-19(21)16(3)4/h7-17H,1-6H3. The largest absolute Gasteiger partial charge is 0.212 e. The molecular weight excluding hydrogens is 263 g/mol. The summed E-state index contributed by atoms with van der Waals surface area (Å²) in [6, 6.07) is 18.0. The molecule has 1 heteroatoms. The molecule has 0 saturated carbocycles. The lowest BCUT2D eigenvalue weighted by Gasteiger charge is -2.26. The van der Waals surface area contributed by atoms with Crippen molar-refractivity contribution >= 4 is 17.6 Å². The van der Waals surface area contributed by atoms with Crippen LogP contribution in [-0.2, 0) is 0 Å². The second-order valence-electron chi connectivity index (χ2n) is 7.29. The lowest BCUT2D eigenvalue weighted by atomic mass is 9.32. The topological polar surface area (TPSA) is 0 Å². The van der Waals surface area contributed by atoms with Crippen molar-refractivity contribution < 1.29 is 0 Å². The van der Waals surface area contributed by atoms with Gasteiger partial charge in [-0.1, -0.05) is 118 Å². The summed E-state index contributed by atoms with van der Waals surface area (Å²) in [6.45, 7) is 14.3. The van der Waals surface area contributed by atoms with E-state index in [-0.39, 0.29) is 0 Å². The van der Waals surface area contributed by atoms with Crippen molar-refractivity contribution in [1.29, 1.82) is 0 Å². The zero-order valence-corrected chi connectivity index (χ0v) is 14.9. The van der Waals surface area contributed by atoms with Crippen molar-refractivity contribution in [3.63, 3.8) is 0 Å². The van der Waals surface area contributed by atoms with E-state index in [9.17, 15) is 0 Å². The van der Waals surface area contributed by atoms with Gasteiger partial charge in [-0.3, -0.25) is 0 Å². The Bertz CT molecular complexity index is 559. The first-order valence-electron chi connectivity index (χ1n) is 8.61. The summed E-state index contributed by atoms with van der Waals surface area (Å²) in [5, 5.41) is 0. The maximum Gasteiger partial charge on any atom is 0.212 e. The third-order valence-electron chi connectivity index (χ3n) is 4.57. The van der Waals surface area contributed by atoms with E-state index < -0.39 is 0 Å². The molecule has 2 rings (SSSR count). The summed E-state index contributed by atoms with van der Waals surface area (Å²) in [4.78, 5) is 0. The molecule has 0 heterocycles. The zero-order valence-electron chi connectivity index (χ0n) is 14.9. The van der Waals surface area contributed by atoms with Crippen LogP contribution in [0.4, 0.5) is 0 Å². The molecule has 2 aromatic rings. The van der Waals surface area contributed by atoms with Gasteiger partial charge in [-0.25, -0.2) is 0 Å². The van der Waals surface area contributed by atoms with Gasteiger partial charge in [-0.15, -0.1) is 0 Å². The van der Waals surface area contributed by atoms with E-state index in [0.29, 0.717) is 24.4 Å². The summed E-state index contributed by atoms with van der Waals surface area (Å²) >= 11 is 0. The minimum absolute atomic E-state index is 0.470. The Morgan fingerprint density at radius 2 is 0.955 bits per heavy atom. The van der Waals surface area contributed by atoms with Crippen LogP contribution in [0.15, 0.2) is 48.5 Å². The molecular formula is C21H29B. The molecule has 0 N–H and O–H groups in total. The smallest absolute Gasteiger partial charge is 0.0705 e. The Labute approximate surface area is 137 Å². The summed E-state index contributed by atoms with van der Waals surface area (Å²) in [5.41, 5.74) is 5.97. The molecule has 0 radical (unpaired) electrons. The maximum atomic E-state index is 2.35. The average Bonchev–Trinajstić information content (AvgIpc) is 2.47. The average molecular weight is 292 g/mol. The van der Waals surface area contributed by atoms with E-state index in [0.717, 1.165) is 0 Å². The van der Waals surface area contributed by atoms with Crippen molar-refractivity contribution in [2.24, 2.45) is 0 Å². The molecule has 0 unspecified atom stereocenters. The van der Waals surface area contributed by atoms with Gasteiger partial charge in [0.25, 0.3) is 0 Å². The minimum Gasteiger partial charge on any atom is -0.0705 e. The normalized spacial score (nSPS) is 11.5. The van der Waals surface area contributed by atoms with Crippen LogP contribution in [0, 0.1) is 0 Å². The van der Waals surface area contributed by atoms with Gasteiger partial charge in [0.05, 0.1) is 0 Å². The molecule has 0 saturated heterocycles. The molecule has 0 atom stereocenters. The lowest BCUT2D eigenvalue weighted by molar-refractivity contribution is 0.868. The SMILES string of the molecule is CC(C)B(c1ccccc1C(C)C)c1ccccc1C(C)C. The first-order valence-corrected chi connectivity index (χ1v) is 8.61. The number of hydrogen-bond acceptors (Lipinski definition) is 0. The summed E-state index contributed by atoms with van der Waals surface area (Å²) in [6.07, 6.45) is 0. The second kappa shape index (κ2) is 7.18. The van der Waals surface area contributed by atoms with E-state index >= 15 is 0 Å². The quantitative estimate of drug-likeness (QED) is 0.684. The van der Waals surface area contributed by atoms with Gasteiger partial charge >= 0.3 is 0 Å². The molecule has 0 spiro atoms. The summed E-state index contributed by atoms with van der Waals surface area (Å²) < 4.78 is 0. The van der Waals surface area contributed by atoms with Crippen LogP contribution in [0.2, 0.25) is 5.82 Å². The fourth-order valence-corrected chi connectivity index (χ4v) is 3.53. The van der Waals surface area contributed by atoms with Crippen molar-refractivity contribution in [1.82, 2.24) is 0 Å². The Balaban J connectivity index is 2.63. The van der Waals surface area contributed by atoms with Gasteiger partial charge in [-0.2, -0.15) is 0 Å². The highest BCUT2D eigenvalue weighted by molar-refractivity contribution is 6.86. The molecule has 0 amide bonds. The highest BCUT2D eigenvalue weighted by Crippen LogP contribution is 2.20. The first kappa shape index (κ1) is 16.9. The summed E-state index contributed by atoms with van der Waals surface area (Å²) in [5.74, 6) is 1.70. The molecule has 0 bridgehead atoms. The first-order chi connectivity index (χ1) is 10.4. The Morgan fingerprint density at radius 1 is 0.591 bits per heavy atom. The van der Waals surface area contributed by atoms with Crippen molar-refractivity contribution in [2.45, 2.75) is 59.2 Å². The molecule has 0 aliphatic rings. The molecule has 2 aromatic carbocycles.